The Labute approximate surface area is 127 Å². The molecule has 2 aromatic rings. The largest absolute Gasteiger partial charge is 0.493 e. The van der Waals surface area contributed by atoms with Crippen LogP contribution < -0.4 is 4.74 Å². The van der Waals surface area contributed by atoms with Crippen molar-refractivity contribution in [2.75, 3.05) is 6.61 Å². The number of nitriles is 1. The van der Waals surface area contributed by atoms with Gasteiger partial charge in [0.05, 0.1) is 17.3 Å². The number of aromatic nitrogens is 1. The van der Waals surface area contributed by atoms with E-state index in [1.807, 2.05) is 12.1 Å². The van der Waals surface area contributed by atoms with Crippen molar-refractivity contribution in [2.45, 2.75) is 26.2 Å². The summed E-state index contributed by atoms with van der Waals surface area (Å²) >= 11 is 7.28. The first-order valence-corrected chi connectivity index (χ1v) is 7.69. The van der Waals surface area contributed by atoms with E-state index in [1.54, 1.807) is 12.1 Å². The van der Waals surface area contributed by atoms with Crippen molar-refractivity contribution in [3.05, 3.63) is 44.9 Å². The number of thiazole rings is 1. The van der Waals surface area contributed by atoms with Crippen LogP contribution in [0.2, 0.25) is 5.02 Å². The van der Waals surface area contributed by atoms with Gasteiger partial charge in [-0.25, -0.2) is 4.98 Å². The molecule has 0 saturated heterocycles. The van der Waals surface area contributed by atoms with Crippen LogP contribution in [0.5, 0.6) is 5.75 Å². The highest BCUT2D eigenvalue weighted by atomic mass is 35.5. The minimum absolute atomic E-state index is 0.547. The smallest absolute Gasteiger partial charge is 0.128 e. The second-order valence-corrected chi connectivity index (χ2v) is 5.82. The zero-order chi connectivity index (χ0) is 14.4. The summed E-state index contributed by atoms with van der Waals surface area (Å²) in [7, 11) is 0. The summed E-state index contributed by atoms with van der Waals surface area (Å²) in [5.74, 6) is 0.792. The fraction of sp³-hybridized carbons (Fsp3) is 0.333. The SMILES string of the molecule is CCCc1nc(CCOc2ccc(Cl)cc2)sc1C#N. The maximum Gasteiger partial charge on any atom is 0.128 e. The first-order valence-electron chi connectivity index (χ1n) is 6.50. The Morgan fingerprint density at radius 1 is 1.30 bits per heavy atom. The summed E-state index contributed by atoms with van der Waals surface area (Å²) in [5.41, 5.74) is 0.918. The lowest BCUT2D eigenvalue weighted by Gasteiger charge is -2.04. The summed E-state index contributed by atoms with van der Waals surface area (Å²) in [6.45, 7) is 2.63. The second kappa shape index (κ2) is 7.28. The van der Waals surface area contributed by atoms with Crippen LogP contribution in [-0.2, 0) is 12.8 Å². The molecule has 0 unspecified atom stereocenters. The third-order valence-electron chi connectivity index (χ3n) is 2.73. The molecule has 1 aromatic carbocycles. The van der Waals surface area contributed by atoms with E-state index in [0.717, 1.165) is 34.2 Å². The molecule has 0 aliphatic rings. The van der Waals surface area contributed by atoms with Crippen molar-refractivity contribution in [2.24, 2.45) is 0 Å². The molecule has 0 amide bonds. The number of hydrogen-bond donors (Lipinski definition) is 0. The Hall–Kier alpha value is -1.57. The van der Waals surface area contributed by atoms with E-state index in [0.29, 0.717) is 18.1 Å². The average Bonchev–Trinajstić information content (AvgIpc) is 2.84. The summed E-state index contributed by atoms with van der Waals surface area (Å²) in [6, 6.07) is 9.50. The zero-order valence-corrected chi connectivity index (χ0v) is 12.8. The molecule has 0 atom stereocenters. The third-order valence-corrected chi connectivity index (χ3v) is 4.04. The molecule has 0 saturated carbocycles. The van der Waals surface area contributed by atoms with E-state index in [2.05, 4.69) is 18.0 Å². The van der Waals surface area contributed by atoms with Gasteiger partial charge in [0.25, 0.3) is 0 Å². The molecule has 3 nitrogen and oxygen atoms in total. The number of ether oxygens (including phenoxy) is 1. The topological polar surface area (TPSA) is 45.9 Å². The Morgan fingerprint density at radius 3 is 2.70 bits per heavy atom. The molecule has 0 bridgehead atoms. The van der Waals surface area contributed by atoms with Gasteiger partial charge in [-0.05, 0) is 30.7 Å². The predicted octanol–water partition coefficient (Wildman–Crippen LogP) is 4.24. The quantitative estimate of drug-likeness (QED) is 0.801. The van der Waals surface area contributed by atoms with Crippen molar-refractivity contribution in [1.29, 1.82) is 5.26 Å². The van der Waals surface area contributed by atoms with Crippen LogP contribution in [0.15, 0.2) is 24.3 Å². The number of nitrogens with zero attached hydrogens (tertiary/aromatic N) is 2. The number of benzene rings is 1. The number of halogens is 1. The molecular formula is C15H15ClN2OS. The van der Waals surface area contributed by atoms with Gasteiger partial charge >= 0.3 is 0 Å². The van der Waals surface area contributed by atoms with Crippen LogP contribution in [0.25, 0.3) is 0 Å². The number of rotatable bonds is 6. The van der Waals surface area contributed by atoms with Crippen LogP contribution in [0.4, 0.5) is 0 Å². The molecule has 104 valence electrons. The van der Waals surface area contributed by atoms with Gasteiger partial charge in [-0.15, -0.1) is 11.3 Å². The summed E-state index contributed by atoms with van der Waals surface area (Å²) < 4.78 is 5.63. The van der Waals surface area contributed by atoms with E-state index >= 15 is 0 Å². The van der Waals surface area contributed by atoms with Gasteiger partial charge in [-0.3, -0.25) is 0 Å². The van der Waals surface area contributed by atoms with Gasteiger partial charge in [0.15, 0.2) is 0 Å². The highest BCUT2D eigenvalue weighted by Crippen LogP contribution is 2.20. The Balaban J connectivity index is 1.91. The molecule has 2 rings (SSSR count). The van der Waals surface area contributed by atoms with Crippen molar-refractivity contribution in [3.63, 3.8) is 0 Å². The Kier molecular flexibility index (Phi) is 5.40. The van der Waals surface area contributed by atoms with Crippen molar-refractivity contribution >= 4 is 22.9 Å². The molecule has 0 fully saturated rings. The van der Waals surface area contributed by atoms with Crippen molar-refractivity contribution in [1.82, 2.24) is 4.98 Å². The van der Waals surface area contributed by atoms with Gasteiger partial charge in [0.1, 0.15) is 16.7 Å². The standard InChI is InChI=1S/C15H15ClN2OS/c1-2-3-13-14(10-17)20-15(18-13)8-9-19-12-6-4-11(16)5-7-12/h4-7H,2-3,8-9H2,1H3. The molecule has 1 heterocycles. The predicted molar refractivity (Wildman–Crippen MR) is 81.5 cm³/mol. The van der Waals surface area contributed by atoms with Gasteiger partial charge in [0.2, 0.25) is 0 Å². The normalized spacial score (nSPS) is 10.2. The lowest BCUT2D eigenvalue weighted by Crippen LogP contribution is -2.01. The lowest BCUT2D eigenvalue weighted by atomic mass is 10.2. The van der Waals surface area contributed by atoms with E-state index in [4.69, 9.17) is 21.6 Å². The number of aryl methyl sites for hydroxylation is 1. The van der Waals surface area contributed by atoms with Gasteiger partial charge in [-0.1, -0.05) is 24.9 Å². The van der Waals surface area contributed by atoms with Crippen LogP contribution in [0, 0.1) is 11.3 Å². The Morgan fingerprint density at radius 2 is 2.05 bits per heavy atom. The van der Waals surface area contributed by atoms with E-state index in [9.17, 15) is 0 Å². The van der Waals surface area contributed by atoms with Crippen LogP contribution in [0.3, 0.4) is 0 Å². The second-order valence-electron chi connectivity index (χ2n) is 4.30. The highest BCUT2D eigenvalue weighted by Gasteiger charge is 2.10. The van der Waals surface area contributed by atoms with Crippen molar-refractivity contribution in [3.8, 4) is 11.8 Å². The summed E-state index contributed by atoms with van der Waals surface area (Å²) in [6.07, 6.45) is 2.57. The molecule has 0 radical (unpaired) electrons. The Bertz CT molecular complexity index is 601. The molecule has 0 spiro atoms. The first-order chi connectivity index (χ1) is 9.72. The van der Waals surface area contributed by atoms with Gasteiger partial charge in [-0.2, -0.15) is 5.26 Å². The first kappa shape index (κ1) is 14.8. The zero-order valence-electron chi connectivity index (χ0n) is 11.2. The fourth-order valence-corrected chi connectivity index (χ4v) is 2.80. The monoisotopic (exact) mass is 306 g/mol. The van der Waals surface area contributed by atoms with E-state index < -0.39 is 0 Å². The minimum Gasteiger partial charge on any atom is -0.493 e. The molecule has 0 N–H and O–H groups in total. The molecular weight excluding hydrogens is 292 g/mol. The summed E-state index contributed by atoms with van der Waals surface area (Å²) in [4.78, 5) is 5.24. The van der Waals surface area contributed by atoms with E-state index in [1.165, 1.54) is 11.3 Å². The third kappa shape index (κ3) is 3.96. The molecule has 5 heteroatoms. The number of hydrogen-bond acceptors (Lipinski definition) is 4. The van der Waals surface area contributed by atoms with Crippen LogP contribution in [-0.4, -0.2) is 11.6 Å². The van der Waals surface area contributed by atoms with Crippen LogP contribution in [0.1, 0.15) is 28.9 Å². The fourth-order valence-electron chi connectivity index (χ4n) is 1.79. The average molecular weight is 307 g/mol. The van der Waals surface area contributed by atoms with Crippen LogP contribution >= 0.6 is 22.9 Å². The maximum atomic E-state index is 9.06. The minimum atomic E-state index is 0.547. The molecule has 0 aliphatic carbocycles. The maximum absolute atomic E-state index is 9.06. The van der Waals surface area contributed by atoms with Gasteiger partial charge in [0, 0.05) is 11.4 Å². The summed E-state index contributed by atoms with van der Waals surface area (Å²) in [5, 5.41) is 10.7. The molecule has 0 aliphatic heterocycles. The van der Waals surface area contributed by atoms with Crippen molar-refractivity contribution < 1.29 is 4.74 Å². The molecule has 20 heavy (non-hydrogen) atoms. The van der Waals surface area contributed by atoms with Gasteiger partial charge < -0.3 is 4.74 Å². The van der Waals surface area contributed by atoms with E-state index in [-0.39, 0.29) is 0 Å². The highest BCUT2D eigenvalue weighted by molar-refractivity contribution is 7.12. The molecule has 1 aromatic heterocycles. The lowest BCUT2D eigenvalue weighted by molar-refractivity contribution is 0.321.